The van der Waals surface area contributed by atoms with Gasteiger partial charge in [0.25, 0.3) is 20.2 Å². The number of imidazole rings is 1. The van der Waals surface area contributed by atoms with Gasteiger partial charge in [-0.1, -0.05) is 6.08 Å². The molecule has 1 saturated heterocycles. The molecule has 8 rings (SSSR count). The van der Waals surface area contributed by atoms with E-state index in [-0.39, 0.29) is 52.2 Å². The van der Waals surface area contributed by atoms with Crippen molar-refractivity contribution in [2.75, 3.05) is 43.4 Å². The minimum Gasteiger partial charge on any atom is -0.440 e. The topological polar surface area (TPSA) is 441 Å². The third kappa shape index (κ3) is 12.3. The fourth-order valence-corrected chi connectivity index (χ4v) is 14.4. The summed E-state index contributed by atoms with van der Waals surface area (Å²) < 4.78 is 132. The third-order valence-corrected chi connectivity index (χ3v) is 19.1. The van der Waals surface area contributed by atoms with Gasteiger partial charge in [0.2, 0.25) is 11.6 Å². The number of ether oxygens (including phenoxy) is 2. The van der Waals surface area contributed by atoms with E-state index in [0.717, 1.165) is 29.8 Å². The number of carbonyl (C=O) groups is 2. The zero-order chi connectivity index (χ0) is 57.0. The molecule has 11 N–H and O–H groups in total. The van der Waals surface area contributed by atoms with Crippen molar-refractivity contribution < 1.29 is 101 Å². The number of likely N-dealkylation sites (N-methyl/N-ethyl adjacent to an activating group) is 1. The number of fused-ring (bicyclic) bond motifs is 7. The normalized spacial score (nSPS) is 24.5. The van der Waals surface area contributed by atoms with Crippen LogP contribution in [0.4, 0.5) is 22.0 Å². The number of phosphoric ester groups is 1. The first-order valence-electron chi connectivity index (χ1n) is 23.7. The highest BCUT2D eigenvalue weighted by Gasteiger charge is 2.56. The predicted molar refractivity (Wildman–Crippen MR) is 271 cm³/mol. The summed E-state index contributed by atoms with van der Waals surface area (Å²) in [5, 5.41) is 16.4. The fourth-order valence-electron chi connectivity index (χ4n) is 10.4. The van der Waals surface area contributed by atoms with E-state index in [1.54, 1.807) is 12.1 Å². The van der Waals surface area contributed by atoms with Crippen LogP contribution in [-0.4, -0.2) is 144 Å². The molecule has 35 heteroatoms. The van der Waals surface area contributed by atoms with Crippen LogP contribution in [0.1, 0.15) is 70.2 Å². The number of rotatable bonds is 21. The molecule has 2 amide bonds. The fraction of sp³-hybridized carbons (Fsp3) is 0.442. The molecule has 6 unspecified atom stereocenters. The largest absolute Gasteiger partial charge is 0.490 e. The maximum atomic E-state index is 13.0. The first-order valence-corrected chi connectivity index (χ1v) is 31.1. The zero-order valence-electron chi connectivity index (χ0n) is 41.5. The Balaban J connectivity index is 0.880. The first-order chi connectivity index (χ1) is 36.4. The molecule has 2 aromatic carbocycles. The molecule has 4 aliphatic rings. The van der Waals surface area contributed by atoms with Crippen LogP contribution in [0.5, 0.6) is 0 Å². The van der Waals surface area contributed by atoms with Crippen molar-refractivity contribution in [3.63, 3.8) is 0 Å². The Morgan fingerprint density at radius 1 is 0.897 bits per heavy atom. The lowest BCUT2D eigenvalue weighted by Crippen LogP contribution is -2.42. The van der Waals surface area contributed by atoms with Crippen LogP contribution in [-0.2, 0) is 72.2 Å². The highest BCUT2D eigenvalue weighted by molar-refractivity contribution is 7.86. The lowest BCUT2D eigenvalue weighted by atomic mass is 9.64. The lowest BCUT2D eigenvalue weighted by Gasteiger charge is -2.37. The zero-order valence-corrected chi connectivity index (χ0v) is 45.8. The molecule has 8 atom stereocenters. The van der Waals surface area contributed by atoms with E-state index in [1.807, 2.05) is 39.0 Å². The number of alkyl carbamates (subject to hydrolysis) is 1. The molecule has 1 fully saturated rings. The average molecular weight is 1190 g/mol. The summed E-state index contributed by atoms with van der Waals surface area (Å²) in [6, 6.07) is 8.88. The maximum absolute atomic E-state index is 13.0. The number of amides is 2. The maximum Gasteiger partial charge on any atom is 0.490 e. The number of nitrogen functional groups attached to an aromatic ring is 1. The molecule has 0 saturated carbocycles. The molecule has 5 heterocycles. The van der Waals surface area contributed by atoms with E-state index in [0.29, 0.717) is 55.6 Å². The van der Waals surface area contributed by atoms with Crippen molar-refractivity contribution in [2.24, 2.45) is 0 Å². The Morgan fingerprint density at radius 2 is 1.58 bits per heavy atom. The Labute approximate surface area is 444 Å². The Bertz CT molecular complexity index is 3540. The van der Waals surface area contributed by atoms with Crippen LogP contribution < -0.4 is 21.3 Å². The SMILES string of the molecule is CCN1C2=CC=CC3=[N+](CCCCCC(=O)NCCNC(=O)OC4C(O)[C@H](n5cnc6c(N)ncnc65)O[C@@H]4COP(=O)(O)OP(=O)(O)OP(=O)(O)O)c4ccc(S(=O)(=O)O)cc4C3(C)CC2(C)c2cc(S(=O)(=O)O)ccc21. The van der Waals surface area contributed by atoms with E-state index in [2.05, 4.69) is 43.7 Å². The number of nitrogens with zero attached hydrogens (tertiary/aromatic N) is 6. The van der Waals surface area contributed by atoms with Gasteiger partial charge in [-0.2, -0.15) is 30.0 Å². The molecular formula is C43H55N9O21P3S2+. The van der Waals surface area contributed by atoms with Gasteiger partial charge in [0, 0.05) is 67.0 Å². The molecule has 0 spiro atoms. The van der Waals surface area contributed by atoms with Crippen molar-refractivity contribution in [1.82, 2.24) is 30.2 Å². The number of aromatic nitrogens is 4. The first kappa shape index (κ1) is 58.8. The number of nitrogens with one attached hydrogen (secondary N) is 2. The number of aliphatic hydroxyl groups excluding tert-OH is 1. The molecule has 424 valence electrons. The van der Waals surface area contributed by atoms with Crippen molar-refractivity contribution in [3.05, 3.63) is 84.1 Å². The summed E-state index contributed by atoms with van der Waals surface area (Å²) in [5.41, 5.74) is 8.63. The van der Waals surface area contributed by atoms with Crippen molar-refractivity contribution in [2.45, 2.75) is 98.0 Å². The number of benzene rings is 2. The Kier molecular flexibility index (Phi) is 16.5. The third-order valence-electron chi connectivity index (χ3n) is 13.6. The van der Waals surface area contributed by atoms with Crippen LogP contribution in [0.25, 0.3) is 11.2 Å². The van der Waals surface area contributed by atoms with Crippen LogP contribution in [0.2, 0.25) is 0 Å². The predicted octanol–water partition coefficient (Wildman–Crippen LogP) is 2.97. The number of unbranched alkanes of at least 4 members (excludes halogenated alkanes) is 2. The van der Waals surface area contributed by atoms with Gasteiger partial charge in [0.05, 0.1) is 28.1 Å². The second-order valence-electron chi connectivity index (χ2n) is 18.8. The molecule has 0 bridgehead atoms. The van der Waals surface area contributed by atoms with Gasteiger partial charge in [-0.3, -0.25) is 23.0 Å². The number of anilines is 2. The van der Waals surface area contributed by atoms with E-state index >= 15 is 0 Å². The Morgan fingerprint density at radius 3 is 2.26 bits per heavy atom. The molecule has 0 radical (unpaired) electrons. The van der Waals surface area contributed by atoms with Gasteiger partial charge >= 0.3 is 29.6 Å². The van der Waals surface area contributed by atoms with Gasteiger partial charge < -0.3 is 55.4 Å². The van der Waals surface area contributed by atoms with E-state index < -0.39 is 91.8 Å². The smallest absolute Gasteiger partial charge is 0.440 e. The molecule has 78 heavy (non-hydrogen) atoms. The average Bonchev–Trinajstić information content (AvgIpc) is 4.02. The Hall–Kier alpha value is -5.37. The second kappa shape index (κ2) is 21.9. The molecule has 2 aromatic heterocycles. The van der Waals surface area contributed by atoms with Crippen molar-refractivity contribution >= 4 is 89.8 Å². The van der Waals surface area contributed by atoms with E-state index in [4.69, 9.17) is 29.5 Å². The van der Waals surface area contributed by atoms with Crippen LogP contribution in [0, 0.1) is 0 Å². The summed E-state index contributed by atoms with van der Waals surface area (Å²) >= 11 is 0. The van der Waals surface area contributed by atoms with Crippen LogP contribution in [0.15, 0.2) is 82.8 Å². The molecule has 1 aliphatic carbocycles. The molecular weight excluding hydrogens is 1140 g/mol. The minimum atomic E-state index is -5.91. The number of hydrogen-bond donors (Lipinski definition) is 10. The standard InChI is InChI=1S/C43H54N9O21P3S2/c1-4-50-29-14-12-25(77(63,64)65)19-27(29)42(2)22-43(3)28-20-26(78(66,67)68)13-15-30(28)51(33(43)10-8-9-32(42)50)18-7-5-6-11-34(53)45-16-17-46-41(55)71-37-31(21-69-75(59,60)73-76(61,62)72-74(56,57)58)70-40(36(37)54)52-24-49-35-38(44)47-23-48-39(35)52/h8-10,12-15,19-20,23-24,31,36-37,40,54H,4-7,11,16-18,21-22H2,1-3H3,(H9-,44,45,46,47,48,53,55,56,57,58,59,60,61,62,63,64,65,66,67,68)/p+1/t31-,36?,37?,40-,42?,43?/m1/s1. The number of carbonyl (C=O) groups excluding carboxylic acids is 2. The highest BCUT2D eigenvalue weighted by atomic mass is 32.2. The minimum absolute atomic E-state index is 0.0412. The summed E-state index contributed by atoms with van der Waals surface area (Å²) in [7, 11) is -26.5. The highest BCUT2D eigenvalue weighted by Crippen LogP contribution is 2.66. The summed E-state index contributed by atoms with van der Waals surface area (Å²) in [6.45, 7) is 5.46. The quantitative estimate of drug-likeness (QED) is 0.0248. The monoisotopic (exact) mass is 1190 g/mol. The second-order valence-corrected chi connectivity index (χ2v) is 26.1. The van der Waals surface area contributed by atoms with E-state index in [9.17, 15) is 64.1 Å². The van der Waals surface area contributed by atoms with E-state index in [1.165, 1.54) is 28.8 Å². The number of phosphoric acid groups is 3. The van der Waals surface area contributed by atoms with Gasteiger partial charge in [0.1, 0.15) is 30.6 Å². The van der Waals surface area contributed by atoms with Crippen molar-refractivity contribution in [3.8, 4) is 0 Å². The van der Waals surface area contributed by atoms with Gasteiger partial charge in [0.15, 0.2) is 29.5 Å². The van der Waals surface area contributed by atoms with Crippen LogP contribution >= 0.6 is 23.5 Å². The van der Waals surface area contributed by atoms with Gasteiger partial charge in [-0.25, -0.2) is 33.4 Å². The summed E-state index contributed by atoms with van der Waals surface area (Å²) in [6.07, 6.45) is 2.12. The van der Waals surface area contributed by atoms with Gasteiger partial charge in [-0.05, 0) is 82.0 Å². The van der Waals surface area contributed by atoms with Gasteiger partial charge in [-0.15, -0.1) is 0 Å². The summed E-state index contributed by atoms with van der Waals surface area (Å²) in [4.78, 5) is 76.7. The summed E-state index contributed by atoms with van der Waals surface area (Å²) in [5.74, 6) is -0.412. The number of hydrogen-bond acceptors (Lipinski definition) is 20. The lowest BCUT2D eigenvalue weighted by molar-refractivity contribution is -0.438. The number of nitrogens with two attached hydrogens (primary N) is 1. The number of allylic oxidation sites excluding steroid dienone is 4. The molecule has 3 aliphatic heterocycles. The number of aliphatic hydroxyl groups is 1. The van der Waals surface area contributed by atoms with Crippen molar-refractivity contribution in [1.29, 1.82) is 0 Å². The molecule has 30 nitrogen and oxygen atoms in total. The van der Waals surface area contributed by atoms with Crippen LogP contribution in [0.3, 0.4) is 0 Å². The molecule has 4 aromatic rings.